The standard InChI is InChI=1S/C16H27N5O/c1-19(2)9-10-20-11-12-22-15-4-8-21(7-3-14(15)20)16-13-17-5-6-18-16/h5-6,13-15H,3-4,7-12H2,1-2H3. The summed E-state index contributed by atoms with van der Waals surface area (Å²) in [4.78, 5) is 15.9. The second kappa shape index (κ2) is 7.35. The van der Waals surface area contributed by atoms with Crippen LogP contribution in [-0.2, 0) is 4.74 Å². The first-order valence-electron chi connectivity index (χ1n) is 8.25. The monoisotopic (exact) mass is 305 g/mol. The lowest BCUT2D eigenvalue weighted by atomic mass is 10.0. The SMILES string of the molecule is CN(C)CCN1CCOC2CCN(c3cnccn3)CCC21. The molecule has 0 aromatic carbocycles. The van der Waals surface area contributed by atoms with Crippen LogP contribution in [0.2, 0.25) is 0 Å². The maximum Gasteiger partial charge on any atom is 0.147 e. The molecule has 0 aliphatic carbocycles. The molecule has 3 rings (SSSR count). The van der Waals surface area contributed by atoms with Crippen LogP contribution in [0.5, 0.6) is 0 Å². The number of morpholine rings is 1. The van der Waals surface area contributed by atoms with E-state index in [2.05, 4.69) is 38.8 Å². The first-order chi connectivity index (χ1) is 10.7. The molecule has 0 saturated carbocycles. The van der Waals surface area contributed by atoms with Gasteiger partial charge in [-0.2, -0.15) is 0 Å². The highest BCUT2D eigenvalue weighted by Crippen LogP contribution is 2.25. The Labute approximate surface area is 133 Å². The zero-order chi connectivity index (χ0) is 15.4. The molecular weight excluding hydrogens is 278 g/mol. The Hall–Kier alpha value is -1.24. The molecule has 0 spiro atoms. The number of anilines is 1. The molecular formula is C16H27N5O. The predicted octanol–water partition coefficient (Wildman–Crippen LogP) is 0.708. The molecule has 0 bridgehead atoms. The first kappa shape index (κ1) is 15.6. The average Bonchev–Trinajstić information content (AvgIpc) is 2.76. The van der Waals surface area contributed by atoms with Crippen LogP contribution in [0.1, 0.15) is 12.8 Å². The molecule has 0 radical (unpaired) electrons. The number of nitrogens with zero attached hydrogens (tertiary/aromatic N) is 5. The van der Waals surface area contributed by atoms with Crippen molar-refractivity contribution >= 4 is 5.82 Å². The summed E-state index contributed by atoms with van der Waals surface area (Å²) < 4.78 is 6.07. The predicted molar refractivity (Wildman–Crippen MR) is 87.1 cm³/mol. The van der Waals surface area contributed by atoms with Crippen molar-refractivity contribution in [3.05, 3.63) is 18.6 Å². The molecule has 6 heteroatoms. The topological polar surface area (TPSA) is 44.7 Å². The molecule has 2 saturated heterocycles. The van der Waals surface area contributed by atoms with Crippen molar-refractivity contribution in [2.24, 2.45) is 0 Å². The van der Waals surface area contributed by atoms with Gasteiger partial charge in [-0.25, -0.2) is 4.98 Å². The molecule has 2 aliphatic rings. The molecule has 0 amide bonds. The van der Waals surface area contributed by atoms with Crippen LogP contribution in [0.4, 0.5) is 5.82 Å². The largest absolute Gasteiger partial charge is 0.375 e. The van der Waals surface area contributed by atoms with Gasteiger partial charge in [-0.3, -0.25) is 9.88 Å². The summed E-state index contributed by atoms with van der Waals surface area (Å²) >= 11 is 0. The third-order valence-electron chi connectivity index (χ3n) is 4.69. The van der Waals surface area contributed by atoms with Crippen LogP contribution in [0.25, 0.3) is 0 Å². The lowest BCUT2D eigenvalue weighted by molar-refractivity contribution is -0.0723. The quantitative estimate of drug-likeness (QED) is 0.816. The second-order valence-electron chi connectivity index (χ2n) is 6.44. The van der Waals surface area contributed by atoms with E-state index in [1.54, 1.807) is 12.4 Å². The molecule has 122 valence electrons. The van der Waals surface area contributed by atoms with E-state index in [0.29, 0.717) is 12.1 Å². The van der Waals surface area contributed by atoms with Gasteiger partial charge in [-0.05, 0) is 26.9 Å². The molecule has 2 aliphatic heterocycles. The van der Waals surface area contributed by atoms with Crippen LogP contribution in [0, 0.1) is 0 Å². The lowest BCUT2D eigenvalue weighted by Gasteiger charge is -2.40. The normalized spacial score (nSPS) is 26.8. The van der Waals surface area contributed by atoms with Gasteiger partial charge in [0.1, 0.15) is 5.82 Å². The minimum Gasteiger partial charge on any atom is -0.375 e. The van der Waals surface area contributed by atoms with Gasteiger partial charge in [-0.15, -0.1) is 0 Å². The number of likely N-dealkylation sites (N-methyl/N-ethyl adjacent to an activating group) is 1. The molecule has 22 heavy (non-hydrogen) atoms. The highest BCUT2D eigenvalue weighted by molar-refractivity contribution is 5.35. The highest BCUT2D eigenvalue weighted by Gasteiger charge is 2.34. The first-order valence-corrected chi connectivity index (χ1v) is 8.25. The third-order valence-corrected chi connectivity index (χ3v) is 4.69. The Morgan fingerprint density at radius 1 is 1.23 bits per heavy atom. The highest BCUT2D eigenvalue weighted by atomic mass is 16.5. The Bertz CT molecular complexity index is 455. The van der Waals surface area contributed by atoms with Crippen LogP contribution in [0.15, 0.2) is 18.6 Å². The number of hydrogen-bond acceptors (Lipinski definition) is 6. The van der Waals surface area contributed by atoms with Crippen LogP contribution in [-0.4, -0.2) is 85.3 Å². The zero-order valence-electron chi connectivity index (χ0n) is 13.7. The van der Waals surface area contributed by atoms with Crippen LogP contribution < -0.4 is 4.90 Å². The van der Waals surface area contributed by atoms with Crippen molar-refractivity contribution in [3.8, 4) is 0 Å². The number of fused-ring (bicyclic) bond motifs is 1. The van der Waals surface area contributed by atoms with E-state index in [-0.39, 0.29) is 0 Å². The third kappa shape index (κ3) is 3.74. The Morgan fingerprint density at radius 3 is 2.86 bits per heavy atom. The fourth-order valence-electron chi connectivity index (χ4n) is 3.45. The van der Waals surface area contributed by atoms with E-state index in [1.807, 2.05) is 6.20 Å². The van der Waals surface area contributed by atoms with Crippen molar-refractivity contribution in [1.29, 1.82) is 0 Å². The summed E-state index contributed by atoms with van der Waals surface area (Å²) in [6.45, 7) is 6.18. The van der Waals surface area contributed by atoms with Gasteiger partial charge in [0.15, 0.2) is 0 Å². The zero-order valence-corrected chi connectivity index (χ0v) is 13.7. The summed E-state index contributed by atoms with van der Waals surface area (Å²) in [6, 6.07) is 0.537. The summed E-state index contributed by atoms with van der Waals surface area (Å²) in [6.07, 6.45) is 7.92. The summed E-state index contributed by atoms with van der Waals surface area (Å²) in [7, 11) is 4.28. The Kier molecular flexibility index (Phi) is 5.23. The fraction of sp³-hybridized carbons (Fsp3) is 0.750. The van der Waals surface area contributed by atoms with E-state index < -0.39 is 0 Å². The van der Waals surface area contributed by atoms with Gasteiger partial charge in [0.05, 0.1) is 18.9 Å². The van der Waals surface area contributed by atoms with Crippen molar-refractivity contribution in [1.82, 2.24) is 19.8 Å². The summed E-state index contributed by atoms with van der Waals surface area (Å²) in [5.41, 5.74) is 0. The van der Waals surface area contributed by atoms with E-state index in [0.717, 1.165) is 58.0 Å². The van der Waals surface area contributed by atoms with E-state index in [9.17, 15) is 0 Å². The van der Waals surface area contributed by atoms with Crippen molar-refractivity contribution in [2.75, 3.05) is 58.3 Å². The van der Waals surface area contributed by atoms with E-state index >= 15 is 0 Å². The Balaban J connectivity index is 1.64. The minimum absolute atomic E-state index is 0.359. The molecule has 1 aromatic rings. The van der Waals surface area contributed by atoms with Crippen molar-refractivity contribution < 1.29 is 4.74 Å². The average molecular weight is 305 g/mol. The summed E-state index contributed by atoms with van der Waals surface area (Å²) in [5.74, 6) is 0.987. The molecule has 6 nitrogen and oxygen atoms in total. The van der Waals surface area contributed by atoms with Crippen LogP contribution >= 0.6 is 0 Å². The van der Waals surface area contributed by atoms with Crippen molar-refractivity contribution in [2.45, 2.75) is 25.0 Å². The van der Waals surface area contributed by atoms with E-state index in [1.165, 1.54) is 0 Å². The number of hydrogen-bond donors (Lipinski definition) is 0. The molecule has 0 N–H and O–H groups in total. The van der Waals surface area contributed by atoms with Gasteiger partial charge in [0, 0.05) is 51.2 Å². The van der Waals surface area contributed by atoms with Gasteiger partial charge < -0.3 is 14.5 Å². The van der Waals surface area contributed by atoms with Crippen molar-refractivity contribution in [3.63, 3.8) is 0 Å². The van der Waals surface area contributed by atoms with E-state index in [4.69, 9.17) is 4.74 Å². The molecule has 2 atom stereocenters. The maximum absolute atomic E-state index is 6.07. The van der Waals surface area contributed by atoms with Crippen LogP contribution in [0.3, 0.4) is 0 Å². The van der Waals surface area contributed by atoms with Gasteiger partial charge in [0.2, 0.25) is 0 Å². The molecule has 3 heterocycles. The molecule has 2 unspecified atom stereocenters. The minimum atomic E-state index is 0.359. The van der Waals surface area contributed by atoms with Gasteiger partial charge >= 0.3 is 0 Å². The van der Waals surface area contributed by atoms with Gasteiger partial charge in [-0.1, -0.05) is 0 Å². The fourth-order valence-corrected chi connectivity index (χ4v) is 3.45. The lowest BCUT2D eigenvalue weighted by Crippen LogP contribution is -2.52. The molecule has 1 aromatic heterocycles. The Morgan fingerprint density at radius 2 is 2.09 bits per heavy atom. The number of rotatable bonds is 4. The smallest absolute Gasteiger partial charge is 0.147 e. The number of aromatic nitrogens is 2. The summed E-state index contributed by atoms with van der Waals surface area (Å²) in [5, 5.41) is 0. The maximum atomic E-state index is 6.07. The van der Waals surface area contributed by atoms with Gasteiger partial charge in [0.25, 0.3) is 0 Å². The number of ether oxygens (including phenoxy) is 1. The second-order valence-corrected chi connectivity index (χ2v) is 6.44. The molecule has 2 fully saturated rings.